The van der Waals surface area contributed by atoms with E-state index < -0.39 is 0 Å². The first-order valence-electron chi connectivity index (χ1n) is 4.96. The highest BCUT2D eigenvalue weighted by atomic mass is 127. The van der Waals surface area contributed by atoms with Crippen LogP contribution in [0.1, 0.15) is 25.5 Å². The third-order valence-corrected chi connectivity index (χ3v) is 3.67. The summed E-state index contributed by atoms with van der Waals surface area (Å²) in [6.45, 7) is 3.98. The van der Waals surface area contributed by atoms with Gasteiger partial charge in [0.05, 0.1) is 34.6 Å². The third-order valence-electron chi connectivity index (χ3n) is 2.68. The molecule has 0 fully saturated rings. The summed E-state index contributed by atoms with van der Waals surface area (Å²) < 4.78 is 1.70. The van der Waals surface area contributed by atoms with Crippen LogP contribution in [-0.2, 0) is 4.79 Å². The minimum Gasteiger partial charge on any atom is -0.299 e. The summed E-state index contributed by atoms with van der Waals surface area (Å²) in [5.41, 5.74) is 2.16. The predicted octanol–water partition coefficient (Wildman–Crippen LogP) is 2.42. The second-order valence-electron chi connectivity index (χ2n) is 3.79. The Bertz CT molecular complexity index is 394. The van der Waals surface area contributed by atoms with E-state index in [0.717, 1.165) is 5.69 Å². The Balaban J connectivity index is 2.52. The fourth-order valence-electron chi connectivity index (χ4n) is 1.86. The second kappa shape index (κ2) is 4.09. The molecule has 0 radical (unpaired) electrons. The van der Waals surface area contributed by atoms with Gasteiger partial charge in [-0.1, -0.05) is 18.2 Å². The van der Waals surface area contributed by atoms with Gasteiger partial charge in [0.2, 0.25) is 0 Å². The lowest BCUT2D eigenvalue weighted by molar-refractivity contribution is -0.118. The Morgan fingerprint density at radius 3 is 2.67 bits per heavy atom. The van der Waals surface area contributed by atoms with Crippen molar-refractivity contribution in [3.63, 3.8) is 0 Å². The number of benzene rings is 1. The summed E-state index contributed by atoms with van der Waals surface area (Å²) in [4.78, 5) is 11.9. The number of halogens is 1. The number of fused-ring (bicyclic) bond motifs is 1. The van der Waals surface area contributed by atoms with Crippen molar-refractivity contribution in [3.8, 4) is 0 Å². The Kier molecular flexibility index (Phi) is 2.97. The fraction of sp³-hybridized carbons (Fsp3) is 0.364. The van der Waals surface area contributed by atoms with Crippen LogP contribution in [0, 0.1) is 0 Å². The Morgan fingerprint density at radius 2 is 1.93 bits per heavy atom. The van der Waals surface area contributed by atoms with Gasteiger partial charge in [0.15, 0.2) is 0 Å². The standard InChI is InChI=1S/C11H13IN2O/c1-7-9-5-3-4-6-10(9)14(12)11(15)8(2)13-7/h3-8,13H,1-2H3/t7-,8?/m0/s1. The Labute approximate surface area is 103 Å². The second-order valence-corrected chi connectivity index (χ2v) is 4.75. The minimum absolute atomic E-state index is 0.104. The SMILES string of the molecule is CC1N[C@@H](C)c2ccccc2N(I)C1=O. The van der Waals surface area contributed by atoms with Gasteiger partial charge < -0.3 is 0 Å². The van der Waals surface area contributed by atoms with E-state index in [1.807, 2.05) is 25.1 Å². The highest BCUT2D eigenvalue weighted by Crippen LogP contribution is 2.31. The van der Waals surface area contributed by atoms with Crippen LogP contribution in [0.2, 0.25) is 0 Å². The molecule has 1 N–H and O–H groups in total. The number of amides is 1. The number of hydrogen-bond donors (Lipinski definition) is 1. The van der Waals surface area contributed by atoms with E-state index in [-0.39, 0.29) is 18.0 Å². The zero-order valence-corrected chi connectivity index (χ0v) is 10.9. The Morgan fingerprint density at radius 1 is 1.27 bits per heavy atom. The van der Waals surface area contributed by atoms with Gasteiger partial charge in [-0.3, -0.25) is 13.2 Å². The molecule has 15 heavy (non-hydrogen) atoms. The largest absolute Gasteiger partial charge is 0.299 e. The van der Waals surface area contributed by atoms with E-state index in [1.54, 1.807) is 3.11 Å². The van der Waals surface area contributed by atoms with Crippen LogP contribution in [0.3, 0.4) is 0 Å². The van der Waals surface area contributed by atoms with Crippen LogP contribution in [0.15, 0.2) is 24.3 Å². The number of para-hydroxylation sites is 1. The Hall–Kier alpha value is -0.620. The van der Waals surface area contributed by atoms with Gasteiger partial charge in [-0.05, 0) is 25.5 Å². The summed E-state index contributed by atoms with van der Waals surface area (Å²) in [5, 5.41) is 3.28. The quantitative estimate of drug-likeness (QED) is 0.589. The lowest BCUT2D eigenvalue weighted by atomic mass is 10.1. The van der Waals surface area contributed by atoms with Gasteiger partial charge in [0.1, 0.15) is 0 Å². The molecule has 0 spiro atoms. The number of carbonyl (C=O) groups is 1. The first kappa shape index (κ1) is 10.9. The molecular formula is C11H13IN2O. The molecule has 1 amide bonds. The molecule has 1 heterocycles. The summed E-state index contributed by atoms with van der Waals surface area (Å²) in [6.07, 6.45) is 0. The van der Waals surface area contributed by atoms with Gasteiger partial charge in [0.25, 0.3) is 5.91 Å². The number of anilines is 1. The van der Waals surface area contributed by atoms with Crippen LogP contribution >= 0.6 is 22.9 Å². The summed E-state index contributed by atoms with van der Waals surface area (Å²) in [7, 11) is 0. The lowest BCUT2D eigenvalue weighted by Crippen LogP contribution is -2.38. The number of carbonyl (C=O) groups excluding carboxylic acids is 1. The maximum absolute atomic E-state index is 11.9. The molecule has 1 aliphatic rings. The average Bonchev–Trinajstić information content (AvgIpc) is 2.33. The molecule has 2 rings (SSSR count). The van der Waals surface area contributed by atoms with Crippen LogP contribution in [0.4, 0.5) is 5.69 Å². The average molecular weight is 316 g/mol. The summed E-state index contributed by atoms with van der Waals surface area (Å²) >= 11 is 2.07. The highest BCUT2D eigenvalue weighted by molar-refractivity contribution is 14.1. The molecule has 4 heteroatoms. The fourth-order valence-corrected chi connectivity index (χ4v) is 2.71. The molecule has 0 saturated heterocycles. The van der Waals surface area contributed by atoms with Gasteiger partial charge in [-0.15, -0.1) is 0 Å². The van der Waals surface area contributed by atoms with Gasteiger partial charge >= 0.3 is 0 Å². The zero-order chi connectivity index (χ0) is 11.0. The van der Waals surface area contributed by atoms with E-state index in [0.29, 0.717) is 0 Å². The van der Waals surface area contributed by atoms with Crippen LogP contribution < -0.4 is 8.43 Å². The highest BCUT2D eigenvalue weighted by Gasteiger charge is 2.28. The molecule has 2 atom stereocenters. The molecule has 1 aliphatic heterocycles. The molecule has 3 nitrogen and oxygen atoms in total. The zero-order valence-electron chi connectivity index (χ0n) is 8.70. The first-order valence-corrected chi connectivity index (χ1v) is 5.92. The molecule has 0 aromatic heterocycles. The monoisotopic (exact) mass is 316 g/mol. The molecule has 1 unspecified atom stereocenters. The normalized spacial score (nSPS) is 26.1. The molecule has 0 aliphatic carbocycles. The maximum Gasteiger partial charge on any atom is 0.252 e. The van der Waals surface area contributed by atoms with Gasteiger partial charge in [0, 0.05) is 6.04 Å². The number of hydrogen-bond acceptors (Lipinski definition) is 2. The van der Waals surface area contributed by atoms with Gasteiger partial charge in [-0.2, -0.15) is 0 Å². The molecular weight excluding hydrogens is 303 g/mol. The van der Waals surface area contributed by atoms with E-state index in [1.165, 1.54) is 5.56 Å². The molecule has 80 valence electrons. The van der Waals surface area contributed by atoms with Gasteiger partial charge in [-0.25, -0.2) is 0 Å². The van der Waals surface area contributed by atoms with E-state index in [9.17, 15) is 4.79 Å². The lowest BCUT2D eigenvalue weighted by Gasteiger charge is -2.16. The summed E-state index contributed by atoms with van der Waals surface area (Å²) in [5.74, 6) is 0.104. The number of nitrogens with one attached hydrogen (secondary N) is 1. The minimum atomic E-state index is -0.135. The van der Waals surface area contributed by atoms with Crippen molar-refractivity contribution >= 4 is 34.5 Å². The van der Waals surface area contributed by atoms with Crippen molar-refractivity contribution in [2.45, 2.75) is 25.9 Å². The van der Waals surface area contributed by atoms with Crippen molar-refractivity contribution in [2.24, 2.45) is 0 Å². The smallest absolute Gasteiger partial charge is 0.252 e. The predicted molar refractivity (Wildman–Crippen MR) is 69.0 cm³/mol. The van der Waals surface area contributed by atoms with Crippen LogP contribution in [-0.4, -0.2) is 11.9 Å². The van der Waals surface area contributed by atoms with Crippen LogP contribution in [0.5, 0.6) is 0 Å². The topological polar surface area (TPSA) is 32.3 Å². The van der Waals surface area contributed by atoms with Crippen molar-refractivity contribution < 1.29 is 4.79 Å². The van der Waals surface area contributed by atoms with Crippen molar-refractivity contribution in [3.05, 3.63) is 29.8 Å². The first-order chi connectivity index (χ1) is 7.11. The maximum atomic E-state index is 11.9. The van der Waals surface area contributed by atoms with Crippen molar-refractivity contribution in [2.75, 3.05) is 3.11 Å². The van der Waals surface area contributed by atoms with Crippen molar-refractivity contribution in [1.82, 2.24) is 5.32 Å². The van der Waals surface area contributed by atoms with E-state index >= 15 is 0 Å². The number of rotatable bonds is 0. The summed E-state index contributed by atoms with van der Waals surface area (Å²) in [6, 6.07) is 8.08. The molecule has 1 aromatic rings. The molecule has 0 bridgehead atoms. The third kappa shape index (κ3) is 1.88. The van der Waals surface area contributed by atoms with Crippen molar-refractivity contribution in [1.29, 1.82) is 0 Å². The van der Waals surface area contributed by atoms with Crippen LogP contribution in [0.25, 0.3) is 0 Å². The van der Waals surface area contributed by atoms with E-state index in [2.05, 4.69) is 41.2 Å². The van der Waals surface area contributed by atoms with E-state index in [4.69, 9.17) is 0 Å². The molecule has 1 aromatic carbocycles. The number of nitrogens with zero attached hydrogens (tertiary/aromatic N) is 1. The molecule has 0 saturated carbocycles.